The number of carbonyl (C=O) groups is 1. The van der Waals surface area contributed by atoms with Gasteiger partial charge in [0.05, 0.1) is 44.0 Å². The first-order valence-electron chi connectivity index (χ1n) is 11.3. The Morgan fingerprint density at radius 1 is 1.06 bits per heavy atom. The van der Waals surface area contributed by atoms with Gasteiger partial charge in [0.1, 0.15) is 30.0 Å². The van der Waals surface area contributed by atoms with Gasteiger partial charge in [-0.1, -0.05) is 0 Å². The Hall–Kier alpha value is -3.00. The van der Waals surface area contributed by atoms with Crippen LogP contribution in [0, 0.1) is 5.92 Å². The summed E-state index contributed by atoms with van der Waals surface area (Å²) < 4.78 is 22.9. The first-order valence-corrected chi connectivity index (χ1v) is 11.3. The van der Waals surface area contributed by atoms with Crippen LogP contribution in [0.15, 0.2) is 36.7 Å². The van der Waals surface area contributed by atoms with Crippen LogP contribution in [0.25, 0.3) is 0 Å². The number of pyridine rings is 1. The van der Waals surface area contributed by atoms with Gasteiger partial charge in [0.15, 0.2) is 0 Å². The zero-order valence-electron chi connectivity index (χ0n) is 18.4. The highest BCUT2D eigenvalue weighted by Crippen LogP contribution is 2.40. The second-order valence-corrected chi connectivity index (χ2v) is 8.41. The summed E-state index contributed by atoms with van der Waals surface area (Å²) >= 11 is 0. The van der Waals surface area contributed by atoms with Crippen molar-refractivity contribution in [2.75, 3.05) is 51.5 Å². The number of amides is 1. The normalized spacial score (nSPS) is 21.1. The summed E-state index contributed by atoms with van der Waals surface area (Å²) in [4.78, 5) is 21.2. The van der Waals surface area contributed by atoms with Crippen molar-refractivity contribution in [3.63, 3.8) is 0 Å². The van der Waals surface area contributed by atoms with Crippen LogP contribution in [0.1, 0.15) is 19.3 Å². The summed E-state index contributed by atoms with van der Waals surface area (Å²) in [6, 6.07) is 7.86. The number of aromatic nitrogens is 1. The first-order chi connectivity index (χ1) is 15.7. The lowest BCUT2D eigenvalue weighted by Crippen LogP contribution is -2.38. The highest BCUT2D eigenvalue weighted by atomic mass is 16.5. The maximum Gasteiger partial charge on any atom is 0.225 e. The Morgan fingerprint density at radius 2 is 1.94 bits per heavy atom. The van der Waals surface area contributed by atoms with E-state index in [0.29, 0.717) is 38.7 Å². The van der Waals surface area contributed by atoms with Crippen LogP contribution < -0.4 is 19.1 Å². The van der Waals surface area contributed by atoms with Crippen LogP contribution in [0.2, 0.25) is 0 Å². The summed E-state index contributed by atoms with van der Waals surface area (Å²) in [7, 11) is 1.64. The number of hydrogen-bond acceptors (Lipinski definition) is 7. The molecule has 3 aliphatic rings. The van der Waals surface area contributed by atoms with E-state index >= 15 is 0 Å². The molecule has 8 heteroatoms. The number of rotatable bonds is 5. The van der Waals surface area contributed by atoms with E-state index in [-0.39, 0.29) is 17.9 Å². The molecule has 170 valence electrons. The Kier molecular flexibility index (Phi) is 6.03. The third-order valence-corrected chi connectivity index (χ3v) is 6.37. The van der Waals surface area contributed by atoms with Gasteiger partial charge in [-0.3, -0.25) is 9.78 Å². The lowest BCUT2D eigenvalue weighted by atomic mass is 9.99. The molecule has 1 amide bonds. The standard InChI is InChI=1S/C24H29N3O5/c1-29-21-12-18(14-25-15-21)27-8-11-31-23-3-2-19(13-22(23)27)32-20-4-7-26(16-20)24(28)17-5-9-30-10-6-17/h2-3,12-15,17,20H,4-11,16H2,1H3. The van der Waals surface area contributed by atoms with E-state index in [2.05, 4.69) is 9.88 Å². The molecule has 2 fully saturated rings. The second-order valence-electron chi connectivity index (χ2n) is 8.41. The summed E-state index contributed by atoms with van der Waals surface area (Å²) in [5, 5.41) is 0. The van der Waals surface area contributed by atoms with Gasteiger partial charge in [-0.2, -0.15) is 0 Å². The average molecular weight is 440 g/mol. The Labute approximate surface area is 188 Å². The van der Waals surface area contributed by atoms with Gasteiger partial charge in [0.2, 0.25) is 5.91 Å². The van der Waals surface area contributed by atoms with Crippen LogP contribution in [-0.4, -0.2) is 68.5 Å². The molecule has 1 aromatic heterocycles. The van der Waals surface area contributed by atoms with Crippen molar-refractivity contribution >= 4 is 17.3 Å². The molecule has 1 unspecified atom stereocenters. The monoisotopic (exact) mass is 439 g/mol. The van der Waals surface area contributed by atoms with Crippen LogP contribution in [-0.2, 0) is 9.53 Å². The average Bonchev–Trinajstić information content (AvgIpc) is 3.32. The Balaban J connectivity index is 1.28. The van der Waals surface area contributed by atoms with E-state index in [9.17, 15) is 4.79 Å². The minimum Gasteiger partial charge on any atom is -0.495 e. The molecule has 2 saturated heterocycles. The lowest BCUT2D eigenvalue weighted by Gasteiger charge is -2.31. The smallest absolute Gasteiger partial charge is 0.225 e. The maximum atomic E-state index is 12.8. The number of benzene rings is 1. The van der Waals surface area contributed by atoms with E-state index in [1.807, 2.05) is 35.4 Å². The molecule has 1 atom stereocenters. The number of likely N-dealkylation sites (tertiary alicyclic amines) is 1. The number of carbonyl (C=O) groups excluding carboxylic acids is 1. The van der Waals surface area contributed by atoms with Crippen molar-refractivity contribution in [1.82, 2.24) is 9.88 Å². The number of nitrogens with zero attached hydrogens (tertiary/aromatic N) is 3. The molecule has 3 aliphatic heterocycles. The predicted octanol–water partition coefficient (Wildman–Crippen LogP) is 3.03. The minimum absolute atomic E-state index is 0.00622. The van der Waals surface area contributed by atoms with Crippen LogP contribution in [0.3, 0.4) is 0 Å². The molecule has 2 aromatic rings. The molecule has 8 nitrogen and oxygen atoms in total. The van der Waals surface area contributed by atoms with Crippen LogP contribution in [0.4, 0.5) is 11.4 Å². The second kappa shape index (κ2) is 9.24. The molecular formula is C24H29N3O5. The van der Waals surface area contributed by atoms with E-state index in [0.717, 1.165) is 48.7 Å². The predicted molar refractivity (Wildman–Crippen MR) is 119 cm³/mol. The lowest BCUT2D eigenvalue weighted by molar-refractivity contribution is -0.137. The molecule has 0 bridgehead atoms. The van der Waals surface area contributed by atoms with Crippen LogP contribution in [0.5, 0.6) is 17.2 Å². The molecule has 32 heavy (non-hydrogen) atoms. The molecule has 0 saturated carbocycles. The summed E-state index contributed by atoms with van der Waals surface area (Å²) in [6.07, 6.45) is 5.99. The van der Waals surface area contributed by atoms with Gasteiger partial charge >= 0.3 is 0 Å². The van der Waals surface area contributed by atoms with Gasteiger partial charge in [0, 0.05) is 44.2 Å². The molecule has 5 rings (SSSR count). The quantitative estimate of drug-likeness (QED) is 0.709. The first kappa shape index (κ1) is 20.9. The summed E-state index contributed by atoms with van der Waals surface area (Å²) in [5.41, 5.74) is 1.89. The summed E-state index contributed by atoms with van der Waals surface area (Å²) in [6.45, 7) is 4.05. The third kappa shape index (κ3) is 4.32. The van der Waals surface area contributed by atoms with Gasteiger partial charge in [-0.25, -0.2) is 0 Å². The van der Waals surface area contributed by atoms with Crippen molar-refractivity contribution in [3.8, 4) is 17.2 Å². The highest BCUT2D eigenvalue weighted by molar-refractivity contribution is 5.79. The van der Waals surface area contributed by atoms with Crippen LogP contribution >= 0.6 is 0 Å². The van der Waals surface area contributed by atoms with Gasteiger partial charge in [-0.15, -0.1) is 0 Å². The molecule has 0 N–H and O–H groups in total. The van der Waals surface area contributed by atoms with E-state index in [1.54, 1.807) is 13.3 Å². The largest absolute Gasteiger partial charge is 0.495 e. The fourth-order valence-corrected chi connectivity index (χ4v) is 4.63. The van der Waals surface area contributed by atoms with Gasteiger partial charge in [-0.05, 0) is 25.0 Å². The zero-order valence-corrected chi connectivity index (χ0v) is 18.4. The molecule has 0 radical (unpaired) electrons. The van der Waals surface area contributed by atoms with E-state index in [1.165, 1.54) is 0 Å². The fraction of sp³-hybridized carbons (Fsp3) is 0.500. The number of fused-ring (bicyclic) bond motifs is 1. The number of hydrogen-bond donors (Lipinski definition) is 0. The van der Waals surface area contributed by atoms with Crippen molar-refractivity contribution in [2.24, 2.45) is 5.92 Å². The summed E-state index contributed by atoms with van der Waals surface area (Å²) in [5.74, 6) is 2.64. The number of anilines is 2. The number of ether oxygens (including phenoxy) is 4. The van der Waals surface area contributed by atoms with Crippen molar-refractivity contribution in [3.05, 3.63) is 36.7 Å². The number of methoxy groups -OCH3 is 1. The van der Waals surface area contributed by atoms with Crippen molar-refractivity contribution in [1.29, 1.82) is 0 Å². The molecule has 4 heterocycles. The van der Waals surface area contributed by atoms with Crippen molar-refractivity contribution in [2.45, 2.75) is 25.4 Å². The minimum atomic E-state index is -0.00622. The topological polar surface area (TPSA) is 73.4 Å². The Morgan fingerprint density at radius 3 is 2.78 bits per heavy atom. The van der Waals surface area contributed by atoms with E-state index < -0.39 is 0 Å². The molecular weight excluding hydrogens is 410 g/mol. The van der Waals surface area contributed by atoms with Gasteiger partial charge < -0.3 is 28.7 Å². The molecule has 0 aliphatic carbocycles. The van der Waals surface area contributed by atoms with Crippen molar-refractivity contribution < 1.29 is 23.7 Å². The van der Waals surface area contributed by atoms with Gasteiger partial charge in [0.25, 0.3) is 0 Å². The van der Waals surface area contributed by atoms with E-state index in [4.69, 9.17) is 18.9 Å². The fourth-order valence-electron chi connectivity index (χ4n) is 4.63. The third-order valence-electron chi connectivity index (χ3n) is 6.37. The Bertz CT molecular complexity index is 962. The maximum absolute atomic E-state index is 12.8. The zero-order chi connectivity index (χ0) is 21.9. The SMILES string of the molecule is COc1cncc(N2CCOc3ccc(OC4CCN(C(=O)C5CCOCC5)C4)cc32)c1. The highest BCUT2D eigenvalue weighted by Gasteiger charge is 2.33. The molecule has 0 spiro atoms. The molecule has 1 aromatic carbocycles.